The SMILES string of the molecule is [N-]=[N+]=C(C1CCCC1)S(=O)(=O)C1C=CC=C(F)C1=S(=O)=O. The molecule has 0 heterocycles. The van der Waals surface area contributed by atoms with Crippen LogP contribution in [0.5, 0.6) is 0 Å². The number of allylic oxidation sites excluding steroid dienone is 3. The molecule has 1 fully saturated rings. The fourth-order valence-corrected chi connectivity index (χ4v) is 5.52. The molecule has 1 atom stereocenters. The highest BCUT2D eigenvalue weighted by molar-refractivity contribution is 8.08. The minimum Gasteiger partial charge on any atom is -0.360 e. The highest BCUT2D eigenvalue weighted by Crippen LogP contribution is 2.30. The first-order valence-electron chi connectivity index (χ1n) is 6.36. The summed E-state index contributed by atoms with van der Waals surface area (Å²) < 4.78 is 61.0. The van der Waals surface area contributed by atoms with E-state index in [4.69, 9.17) is 5.53 Å². The van der Waals surface area contributed by atoms with Crippen LogP contribution in [0.2, 0.25) is 0 Å². The van der Waals surface area contributed by atoms with Gasteiger partial charge in [0.1, 0.15) is 15.9 Å². The Kier molecular flexibility index (Phi) is 4.55. The second-order valence-electron chi connectivity index (χ2n) is 4.88. The molecule has 0 aromatic rings. The topological polar surface area (TPSA) is 105 Å². The second kappa shape index (κ2) is 6.05. The van der Waals surface area contributed by atoms with Crippen molar-refractivity contribution in [3.8, 4) is 0 Å². The van der Waals surface area contributed by atoms with E-state index in [2.05, 4.69) is 4.79 Å². The Morgan fingerprint density at radius 3 is 2.48 bits per heavy atom. The molecule has 2 aliphatic rings. The summed E-state index contributed by atoms with van der Waals surface area (Å²) >= 11 is 0. The molecule has 114 valence electrons. The van der Waals surface area contributed by atoms with Gasteiger partial charge in [0.25, 0.3) is 9.84 Å². The van der Waals surface area contributed by atoms with Gasteiger partial charge in [0.15, 0.2) is 0 Å². The van der Waals surface area contributed by atoms with Crippen LogP contribution in [0.3, 0.4) is 0 Å². The van der Waals surface area contributed by atoms with Crippen LogP contribution in [0.15, 0.2) is 24.1 Å². The maximum Gasteiger partial charge on any atom is 0.385 e. The van der Waals surface area contributed by atoms with Crippen molar-refractivity contribution in [3.63, 3.8) is 0 Å². The van der Waals surface area contributed by atoms with E-state index in [-0.39, 0.29) is 0 Å². The number of sulfone groups is 1. The average molecular weight is 332 g/mol. The highest BCUT2D eigenvalue weighted by Gasteiger charge is 2.46. The Bertz CT molecular complexity index is 788. The largest absolute Gasteiger partial charge is 0.385 e. The molecule has 1 saturated carbocycles. The van der Waals surface area contributed by atoms with Crippen molar-refractivity contribution >= 4 is 30.0 Å². The molecule has 21 heavy (non-hydrogen) atoms. The van der Waals surface area contributed by atoms with Gasteiger partial charge in [-0.3, -0.25) is 0 Å². The van der Waals surface area contributed by atoms with E-state index >= 15 is 0 Å². The van der Waals surface area contributed by atoms with Crippen LogP contribution in [0.25, 0.3) is 5.53 Å². The van der Waals surface area contributed by atoms with Crippen molar-refractivity contribution in [2.75, 3.05) is 0 Å². The fraction of sp³-hybridized carbons (Fsp3) is 0.500. The van der Waals surface area contributed by atoms with Crippen LogP contribution in [-0.2, 0) is 20.1 Å². The molecule has 0 amide bonds. The van der Waals surface area contributed by atoms with E-state index in [9.17, 15) is 21.2 Å². The summed E-state index contributed by atoms with van der Waals surface area (Å²) in [5, 5.41) is -2.15. The molecule has 0 aliphatic heterocycles. The third-order valence-electron chi connectivity index (χ3n) is 3.63. The lowest BCUT2D eigenvalue weighted by Crippen LogP contribution is -2.38. The van der Waals surface area contributed by atoms with Crippen LogP contribution in [0, 0.1) is 5.92 Å². The van der Waals surface area contributed by atoms with Gasteiger partial charge in [0, 0.05) is 0 Å². The van der Waals surface area contributed by atoms with Gasteiger partial charge in [-0.15, -0.1) is 0 Å². The van der Waals surface area contributed by atoms with E-state index in [1.807, 2.05) is 0 Å². The maximum atomic E-state index is 13.6. The average Bonchev–Trinajstić information content (AvgIpc) is 2.92. The third-order valence-corrected chi connectivity index (χ3v) is 6.65. The van der Waals surface area contributed by atoms with Crippen molar-refractivity contribution in [2.45, 2.75) is 30.9 Å². The molecule has 0 saturated heterocycles. The van der Waals surface area contributed by atoms with E-state index in [0.29, 0.717) is 12.8 Å². The van der Waals surface area contributed by atoms with Gasteiger partial charge in [-0.1, -0.05) is 25.0 Å². The first-order chi connectivity index (χ1) is 9.89. The summed E-state index contributed by atoms with van der Waals surface area (Å²) in [6, 6.07) is 0. The summed E-state index contributed by atoms with van der Waals surface area (Å²) in [7, 11) is -7.30. The Morgan fingerprint density at radius 2 is 1.95 bits per heavy atom. The van der Waals surface area contributed by atoms with Gasteiger partial charge in [-0.2, -0.15) is 13.2 Å². The zero-order valence-electron chi connectivity index (χ0n) is 10.9. The Hall–Kier alpha value is -1.57. The molecular formula is C12H13FN2O4S2. The smallest absolute Gasteiger partial charge is 0.360 e. The minimum absolute atomic E-state index is 0.455. The minimum atomic E-state index is -4.28. The van der Waals surface area contributed by atoms with Crippen molar-refractivity contribution in [3.05, 3.63) is 29.6 Å². The fourth-order valence-electron chi connectivity index (χ4n) is 2.64. The zero-order valence-corrected chi connectivity index (χ0v) is 12.6. The van der Waals surface area contributed by atoms with E-state index < -0.39 is 47.0 Å². The van der Waals surface area contributed by atoms with Gasteiger partial charge in [0.2, 0.25) is 10.3 Å². The Morgan fingerprint density at radius 1 is 1.33 bits per heavy atom. The number of nitrogens with zero attached hydrogens (tertiary/aromatic N) is 2. The number of rotatable bonds is 2. The van der Waals surface area contributed by atoms with Crippen molar-refractivity contribution in [1.82, 2.24) is 0 Å². The highest BCUT2D eigenvalue weighted by atomic mass is 32.2. The first-order valence-corrected chi connectivity index (χ1v) is 8.98. The third kappa shape index (κ3) is 2.90. The van der Waals surface area contributed by atoms with Crippen LogP contribution < -0.4 is 0 Å². The molecular weight excluding hydrogens is 319 g/mol. The first kappa shape index (κ1) is 15.8. The summed E-state index contributed by atoms with van der Waals surface area (Å²) in [5.74, 6) is -1.58. The molecule has 0 N–H and O–H groups in total. The predicted octanol–water partition coefficient (Wildman–Crippen LogP) is 1.06. The zero-order chi connectivity index (χ0) is 15.6. The molecule has 0 aromatic heterocycles. The lowest BCUT2D eigenvalue weighted by molar-refractivity contribution is -0.00736. The normalized spacial score (nSPS) is 22.8. The Labute approximate surface area is 123 Å². The van der Waals surface area contributed by atoms with Gasteiger partial charge in [-0.25, -0.2) is 12.8 Å². The summed E-state index contributed by atoms with van der Waals surface area (Å²) in [6.45, 7) is 0. The van der Waals surface area contributed by atoms with Crippen molar-refractivity contribution in [2.24, 2.45) is 5.92 Å². The number of hydrogen-bond donors (Lipinski definition) is 0. The lowest BCUT2D eigenvalue weighted by Gasteiger charge is -2.15. The molecule has 9 heteroatoms. The molecule has 0 spiro atoms. The standard InChI is InChI=1S/C12H13FN2O4S2/c13-9-6-3-7-10(11(9)20(16)17)21(18,19)12(15-14)8-4-1-2-5-8/h3,6-8,10H,1-2,4-5H2. The van der Waals surface area contributed by atoms with Crippen LogP contribution in [0.4, 0.5) is 4.39 Å². The lowest BCUT2D eigenvalue weighted by atomic mass is 10.1. The van der Waals surface area contributed by atoms with Crippen LogP contribution in [-0.4, -0.2) is 36.8 Å². The van der Waals surface area contributed by atoms with Gasteiger partial charge in [-0.05, 0) is 18.9 Å². The maximum absolute atomic E-state index is 13.6. The van der Waals surface area contributed by atoms with E-state index in [0.717, 1.165) is 31.1 Å². The van der Waals surface area contributed by atoms with E-state index in [1.54, 1.807) is 0 Å². The molecule has 2 rings (SSSR count). The van der Waals surface area contributed by atoms with Gasteiger partial charge in [0.05, 0.1) is 5.92 Å². The molecule has 0 bridgehead atoms. The molecule has 1 unspecified atom stereocenters. The van der Waals surface area contributed by atoms with Crippen LogP contribution in [0.1, 0.15) is 25.7 Å². The van der Waals surface area contributed by atoms with Gasteiger partial charge < -0.3 is 5.53 Å². The van der Waals surface area contributed by atoms with Crippen LogP contribution >= 0.6 is 0 Å². The summed E-state index contributed by atoms with van der Waals surface area (Å²) in [5.41, 5.74) is 9.06. The summed E-state index contributed by atoms with van der Waals surface area (Å²) in [6.07, 6.45) is 5.78. The quantitative estimate of drug-likeness (QED) is 0.248. The van der Waals surface area contributed by atoms with E-state index in [1.165, 1.54) is 0 Å². The molecule has 0 radical (unpaired) electrons. The second-order valence-corrected chi connectivity index (χ2v) is 7.81. The number of hydrogen-bond acceptors (Lipinski definition) is 4. The van der Waals surface area contributed by atoms with Crippen molar-refractivity contribution in [1.29, 1.82) is 0 Å². The van der Waals surface area contributed by atoms with Gasteiger partial charge >= 0.3 is 5.04 Å². The molecule has 0 aromatic carbocycles. The summed E-state index contributed by atoms with van der Waals surface area (Å²) in [4.78, 5) is 2.02. The monoisotopic (exact) mass is 332 g/mol. The Balaban J connectivity index is 2.53. The molecule has 2 aliphatic carbocycles. The van der Waals surface area contributed by atoms with Crippen molar-refractivity contribution < 1.29 is 26.0 Å². The predicted molar refractivity (Wildman–Crippen MR) is 75.6 cm³/mol. The number of halogens is 1. The molecule has 6 nitrogen and oxygen atoms in total.